The number of fused-ring (bicyclic) bond motifs is 12. The zero-order valence-electron chi connectivity index (χ0n) is 13.9. The molecule has 5 nitrogen and oxygen atoms in total. The molecule has 27 heavy (non-hydrogen) atoms. The number of alkyl halides is 2. The molecule has 3 aliphatic heterocycles. The van der Waals surface area contributed by atoms with Crippen molar-refractivity contribution in [3.8, 4) is 0 Å². The average Bonchev–Trinajstić information content (AvgIpc) is 3.32. The van der Waals surface area contributed by atoms with E-state index in [1.165, 1.54) is 0 Å². The number of allylic oxidation sites excluding steroid dienone is 3. The number of rotatable bonds is 3. The molecule has 0 aromatic rings. The third kappa shape index (κ3) is 2.12. The highest BCUT2D eigenvalue weighted by molar-refractivity contribution is 6.51. The standard InChI is InChI=1S/C17H14Cl5NO4/c1-5(18)2-3-26-23-14(24)6-7(15(23)25)11-9-8(10(6)27-11)16(21)4-17(9,22)13(20)12(16)19/h2,6-11H,3-4H2,1H3/b5-2-/t6-,7+,8-,9+,10+,11-,16-,17-/m0/s1. The van der Waals surface area contributed by atoms with E-state index in [2.05, 4.69) is 0 Å². The molecule has 5 aliphatic rings. The Hall–Kier alpha value is -0.0100. The monoisotopic (exact) mass is 471 g/mol. The number of carbonyl (C=O) groups is 2. The van der Waals surface area contributed by atoms with E-state index < -0.39 is 45.6 Å². The third-order valence-electron chi connectivity index (χ3n) is 6.54. The third-order valence-corrected chi connectivity index (χ3v) is 9.18. The summed E-state index contributed by atoms with van der Waals surface area (Å²) in [5, 5.41) is 1.98. The Morgan fingerprint density at radius 3 is 2.07 bits per heavy atom. The first-order valence-electron chi connectivity index (χ1n) is 8.55. The second kappa shape index (κ2) is 5.78. The molecular weight excluding hydrogens is 459 g/mol. The molecule has 0 unspecified atom stereocenters. The molecule has 3 saturated heterocycles. The lowest BCUT2D eigenvalue weighted by molar-refractivity contribution is -0.189. The van der Waals surface area contributed by atoms with E-state index in [1.54, 1.807) is 13.0 Å². The molecular formula is C17H14Cl5NO4. The fraction of sp³-hybridized carbons (Fsp3) is 0.647. The van der Waals surface area contributed by atoms with Gasteiger partial charge in [0.1, 0.15) is 0 Å². The summed E-state index contributed by atoms with van der Waals surface area (Å²) in [5.74, 6) is -2.70. The Morgan fingerprint density at radius 2 is 1.63 bits per heavy atom. The largest absolute Gasteiger partial charge is 0.373 e. The van der Waals surface area contributed by atoms with Crippen LogP contribution in [0.1, 0.15) is 13.3 Å². The van der Waals surface area contributed by atoms with Gasteiger partial charge in [0, 0.05) is 16.9 Å². The highest BCUT2D eigenvalue weighted by Gasteiger charge is 2.82. The molecule has 10 heteroatoms. The average molecular weight is 474 g/mol. The summed E-state index contributed by atoms with van der Waals surface area (Å²) >= 11 is 32.3. The lowest BCUT2D eigenvalue weighted by atomic mass is 9.65. The van der Waals surface area contributed by atoms with Crippen LogP contribution in [0, 0.1) is 23.7 Å². The first-order valence-corrected chi connectivity index (χ1v) is 10.4. The van der Waals surface area contributed by atoms with E-state index in [1.807, 2.05) is 0 Å². The summed E-state index contributed by atoms with van der Waals surface area (Å²) in [6.45, 7) is 1.70. The fourth-order valence-electron chi connectivity index (χ4n) is 5.62. The Morgan fingerprint density at radius 1 is 1.15 bits per heavy atom. The van der Waals surface area contributed by atoms with Gasteiger partial charge in [-0.05, 0) is 19.4 Å². The van der Waals surface area contributed by atoms with Crippen LogP contribution in [-0.4, -0.2) is 45.4 Å². The predicted molar refractivity (Wildman–Crippen MR) is 101 cm³/mol. The number of halogens is 5. The van der Waals surface area contributed by atoms with Crippen LogP contribution in [0.15, 0.2) is 21.2 Å². The van der Waals surface area contributed by atoms with E-state index in [0.29, 0.717) is 21.5 Å². The smallest absolute Gasteiger partial charge is 0.260 e. The maximum atomic E-state index is 12.9. The molecule has 4 fully saturated rings. The van der Waals surface area contributed by atoms with Crippen molar-refractivity contribution in [2.45, 2.75) is 35.3 Å². The maximum Gasteiger partial charge on any atom is 0.260 e. The van der Waals surface area contributed by atoms with E-state index in [4.69, 9.17) is 67.6 Å². The lowest BCUT2D eigenvalue weighted by Crippen LogP contribution is -2.50. The van der Waals surface area contributed by atoms with Gasteiger partial charge in [-0.25, -0.2) is 0 Å². The lowest BCUT2D eigenvalue weighted by Gasteiger charge is -2.40. The van der Waals surface area contributed by atoms with Crippen molar-refractivity contribution < 1.29 is 19.2 Å². The molecule has 8 atom stereocenters. The molecule has 3 heterocycles. The van der Waals surface area contributed by atoms with Crippen LogP contribution in [0.25, 0.3) is 0 Å². The predicted octanol–water partition coefficient (Wildman–Crippen LogP) is 3.74. The number of hydrogen-bond acceptors (Lipinski definition) is 4. The van der Waals surface area contributed by atoms with Gasteiger partial charge in [0.15, 0.2) is 0 Å². The van der Waals surface area contributed by atoms with Gasteiger partial charge in [0.25, 0.3) is 11.8 Å². The van der Waals surface area contributed by atoms with Crippen molar-refractivity contribution in [3.05, 3.63) is 21.2 Å². The highest BCUT2D eigenvalue weighted by Crippen LogP contribution is 2.75. The van der Waals surface area contributed by atoms with Crippen LogP contribution in [0.4, 0.5) is 0 Å². The summed E-state index contributed by atoms with van der Waals surface area (Å²) < 4.78 is 6.08. The summed E-state index contributed by atoms with van der Waals surface area (Å²) in [6, 6.07) is 0. The molecule has 1 saturated carbocycles. The first-order chi connectivity index (χ1) is 12.6. The van der Waals surface area contributed by atoms with Gasteiger partial charge in [-0.3, -0.25) is 14.4 Å². The van der Waals surface area contributed by atoms with Gasteiger partial charge >= 0.3 is 0 Å². The van der Waals surface area contributed by atoms with Crippen molar-refractivity contribution in [1.29, 1.82) is 0 Å². The van der Waals surface area contributed by atoms with Crippen LogP contribution in [0.3, 0.4) is 0 Å². The molecule has 0 spiro atoms. The molecule has 0 N–H and O–H groups in total. The fourth-order valence-corrected chi connectivity index (χ4v) is 7.70. The second-order valence-corrected chi connectivity index (χ2v) is 10.5. The van der Waals surface area contributed by atoms with Crippen molar-refractivity contribution in [1.82, 2.24) is 5.06 Å². The molecule has 4 bridgehead atoms. The normalized spacial score (nSPS) is 50.3. The van der Waals surface area contributed by atoms with Crippen LogP contribution >= 0.6 is 58.0 Å². The van der Waals surface area contributed by atoms with Crippen molar-refractivity contribution in [3.63, 3.8) is 0 Å². The maximum absolute atomic E-state index is 12.9. The number of ether oxygens (including phenoxy) is 1. The Balaban J connectivity index is 1.49. The van der Waals surface area contributed by atoms with Crippen LogP contribution in [0.2, 0.25) is 0 Å². The number of amides is 2. The zero-order valence-corrected chi connectivity index (χ0v) is 17.7. The Labute approximate surface area is 180 Å². The summed E-state index contributed by atoms with van der Waals surface area (Å²) in [7, 11) is 0. The quantitative estimate of drug-likeness (QED) is 0.463. The van der Waals surface area contributed by atoms with Gasteiger partial charge in [-0.15, -0.1) is 23.2 Å². The van der Waals surface area contributed by atoms with Gasteiger partial charge in [0.2, 0.25) is 0 Å². The molecule has 2 amide bonds. The molecule has 0 aromatic heterocycles. The minimum absolute atomic E-state index is 0.0212. The van der Waals surface area contributed by atoms with Crippen molar-refractivity contribution in [2.75, 3.05) is 6.61 Å². The van der Waals surface area contributed by atoms with E-state index in [0.717, 1.165) is 5.06 Å². The second-order valence-electron chi connectivity index (χ2n) is 7.76. The molecule has 5 rings (SSSR count). The van der Waals surface area contributed by atoms with E-state index >= 15 is 0 Å². The first kappa shape index (κ1) is 19.0. The number of carbonyl (C=O) groups excluding carboxylic acids is 2. The highest BCUT2D eigenvalue weighted by atomic mass is 35.5. The Kier molecular flexibility index (Phi) is 4.06. The van der Waals surface area contributed by atoms with Crippen LogP contribution < -0.4 is 0 Å². The number of hydrogen-bond donors (Lipinski definition) is 0. The van der Waals surface area contributed by atoms with E-state index in [9.17, 15) is 9.59 Å². The summed E-state index contributed by atoms with van der Waals surface area (Å²) in [6.07, 6.45) is 0.851. The van der Waals surface area contributed by atoms with Crippen molar-refractivity contribution in [2.24, 2.45) is 23.7 Å². The molecule has 2 aliphatic carbocycles. The zero-order chi connectivity index (χ0) is 19.5. The van der Waals surface area contributed by atoms with Gasteiger partial charge in [0.05, 0.1) is 50.5 Å². The number of hydroxylamine groups is 2. The van der Waals surface area contributed by atoms with Gasteiger partial charge in [-0.2, -0.15) is 5.06 Å². The topological polar surface area (TPSA) is 55.8 Å². The van der Waals surface area contributed by atoms with Gasteiger partial charge < -0.3 is 4.74 Å². The molecule has 0 radical (unpaired) electrons. The number of imide groups is 1. The summed E-state index contributed by atoms with van der Waals surface area (Å²) in [4.78, 5) is 29.2. The van der Waals surface area contributed by atoms with Gasteiger partial charge in [-0.1, -0.05) is 34.8 Å². The molecule has 0 aromatic carbocycles. The van der Waals surface area contributed by atoms with E-state index in [-0.39, 0.29) is 18.4 Å². The van der Waals surface area contributed by atoms with Crippen molar-refractivity contribution >= 4 is 69.8 Å². The van der Waals surface area contributed by atoms with Crippen LogP contribution in [0.5, 0.6) is 0 Å². The molecule has 146 valence electrons. The SMILES string of the molecule is C/C(Cl)=C/CON1C(=O)[C@@H]2[C@H]3O[C@@H]([C@@H]2C1=O)[C@H]1[C@@H]3[C@@]2(Cl)C[C@@]1(Cl)C(Cl)=C2Cl. The Bertz CT molecular complexity index is 787. The minimum atomic E-state index is -0.967. The summed E-state index contributed by atoms with van der Waals surface area (Å²) in [5.41, 5.74) is 0. The minimum Gasteiger partial charge on any atom is -0.373 e. The van der Waals surface area contributed by atoms with Crippen LogP contribution in [-0.2, 0) is 19.2 Å². The number of nitrogens with zero attached hydrogens (tertiary/aromatic N) is 1.